The molecule has 8 heteroatoms. The largest absolute Gasteiger partial charge is 0.484 e. The number of carbonyl (C=O) groups is 2. The number of alkyl halides is 3. The predicted octanol–water partition coefficient (Wildman–Crippen LogP) is 2.67. The third kappa shape index (κ3) is 6.84. The minimum Gasteiger partial charge on any atom is -0.484 e. The Morgan fingerprint density at radius 1 is 0.962 bits per heavy atom. The van der Waals surface area contributed by atoms with Crippen LogP contribution in [0.4, 0.5) is 13.2 Å². The summed E-state index contributed by atoms with van der Waals surface area (Å²) < 4.78 is 41.2. The Morgan fingerprint density at radius 2 is 1.69 bits per heavy atom. The van der Waals surface area contributed by atoms with Crippen molar-refractivity contribution in [1.82, 2.24) is 10.6 Å². The van der Waals surface area contributed by atoms with Gasteiger partial charge in [0.1, 0.15) is 12.3 Å². The van der Waals surface area contributed by atoms with E-state index in [1.165, 1.54) is 12.1 Å². The number of carbonyl (C=O) groups excluding carboxylic acids is 2. The molecule has 2 rings (SSSR count). The number of hydrogen-bond acceptors (Lipinski definition) is 3. The highest BCUT2D eigenvalue weighted by Crippen LogP contribution is 2.14. The molecule has 0 fully saturated rings. The molecule has 0 spiro atoms. The van der Waals surface area contributed by atoms with E-state index in [0.717, 1.165) is 5.56 Å². The molecule has 138 valence electrons. The van der Waals surface area contributed by atoms with Gasteiger partial charge in [0.25, 0.3) is 11.8 Å². The fourth-order valence-electron chi connectivity index (χ4n) is 2.01. The average Bonchev–Trinajstić information content (AvgIpc) is 2.63. The Balaban J connectivity index is 1.85. The molecule has 2 aromatic rings. The van der Waals surface area contributed by atoms with E-state index in [-0.39, 0.29) is 11.7 Å². The molecule has 0 heterocycles. The number of benzene rings is 2. The molecule has 0 aromatic heterocycles. The number of halogens is 3. The highest BCUT2D eigenvalue weighted by atomic mass is 19.4. The first-order chi connectivity index (χ1) is 12.3. The van der Waals surface area contributed by atoms with Gasteiger partial charge in [0, 0.05) is 12.1 Å². The third-order valence-corrected chi connectivity index (χ3v) is 3.25. The van der Waals surface area contributed by atoms with Gasteiger partial charge in [0.05, 0.1) is 0 Å². The average molecular weight is 366 g/mol. The Bertz CT molecular complexity index is 749. The molecule has 2 aromatic carbocycles. The fourth-order valence-corrected chi connectivity index (χ4v) is 2.01. The molecule has 0 unspecified atom stereocenters. The van der Waals surface area contributed by atoms with Crippen molar-refractivity contribution in [3.8, 4) is 5.75 Å². The Labute approximate surface area is 148 Å². The Kier molecular flexibility index (Phi) is 6.60. The van der Waals surface area contributed by atoms with Gasteiger partial charge in [-0.15, -0.1) is 0 Å². The van der Waals surface area contributed by atoms with Gasteiger partial charge in [-0.05, 0) is 23.8 Å². The van der Waals surface area contributed by atoms with Crippen molar-refractivity contribution in [2.24, 2.45) is 0 Å². The van der Waals surface area contributed by atoms with Gasteiger partial charge in [-0.25, -0.2) is 0 Å². The molecule has 2 N–H and O–H groups in total. The van der Waals surface area contributed by atoms with Gasteiger partial charge in [-0.2, -0.15) is 13.2 Å². The van der Waals surface area contributed by atoms with Crippen LogP contribution in [-0.4, -0.2) is 31.1 Å². The van der Waals surface area contributed by atoms with Crippen LogP contribution in [0.1, 0.15) is 15.9 Å². The van der Waals surface area contributed by atoms with Gasteiger partial charge in [0.2, 0.25) is 0 Å². The number of hydrogen-bond donors (Lipinski definition) is 2. The first kappa shape index (κ1) is 19.3. The zero-order valence-electron chi connectivity index (χ0n) is 13.7. The molecule has 0 aliphatic heterocycles. The molecule has 0 bridgehead atoms. The van der Waals surface area contributed by atoms with Crippen molar-refractivity contribution < 1.29 is 27.5 Å². The van der Waals surface area contributed by atoms with Crippen LogP contribution in [0.15, 0.2) is 54.6 Å². The molecule has 5 nitrogen and oxygen atoms in total. The van der Waals surface area contributed by atoms with E-state index < -0.39 is 25.2 Å². The second-order valence-electron chi connectivity index (χ2n) is 5.38. The van der Waals surface area contributed by atoms with E-state index in [4.69, 9.17) is 4.74 Å². The second kappa shape index (κ2) is 8.89. The second-order valence-corrected chi connectivity index (χ2v) is 5.38. The summed E-state index contributed by atoms with van der Waals surface area (Å²) in [5.74, 6) is -1.03. The van der Waals surface area contributed by atoms with Gasteiger partial charge < -0.3 is 15.4 Å². The lowest BCUT2D eigenvalue weighted by Gasteiger charge is -2.10. The molecular formula is C18H17F3N2O3. The molecule has 0 saturated heterocycles. The maximum atomic E-state index is 12.2. The van der Waals surface area contributed by atoms with Gasteiger partial charge in [-0.3, -0.25) is 9.59 Å². The lowest BCUT2D eigenvalue weighted by Crippen LogP contribution is -2.36. The van der Waals surface area contributed by atoms with Crippen LogP contribution in [0.3, 0.4) is 0 Å². The summed E-state index contributed by atoms with van der Waals surface area (Å²) in [6, 6.07) is 15.4. The van der Waals surface area contributed by atoms with E-state index in [2.05, 4.69) is 5.32 Å². The van der Waals surface area contributed by atoms with Crippen LogP contribution in [0, 0.1) is 0 Å². The first-order valence-electron chi connectivity index (χ1n) is 7.72. The van der Waals surface area contributed by atoms with E-state index in [1.54, 1.807) is 17.4 Å². The van der Waals surface area contributed by atoms with E-state index in [0.29, 0.717) is 12.1 Å². The van der Waals surface area contributed by atoms with Gasteiger partial charge in [0.15, 0.2) is 6.61 Å². The number of amides is 2. The zero-order chi connectivity index (χ0) is 19.0. The van der Waals surface area contributed by atoms with E-state index >= 15 is 0 Å². The highest BCUT2D eigenvalue weighted by molar-refractivity contribution is 5.94. The summed E-state index contributed by atoms with van der Waals surface area (Å²) in [7, 11) is 0. The van der Waals surface area contributed by atoms with Crippen molar-refractivity contribution >= 4 is 11.8 Å². The molecule has 0 radical (unpaired) electrons. The minimum absolute atomic E-state index is 0.208. The van der Waals surface area contributed by atoms with Gasteiger partial charge in [-0.1, -0.05) is 36.4 Å². The predicted molar refractivity (Wildman–Crippen MR) is 88.6 cm³/mol. The number of rotatable bonds is 7. The lowest BCUT2D eigenvalue weighted by atomic mass is 10.2. The molecule has 0 atom stereocenters. The van der Waals surface area contributed by atoms with Crippen LogP contribution in [0.5, 0.6) is 5.75 Å². The minimum atomic E-state index is -4.48. The smallest absolute Gasteiger partial charge is 0.405 e. The number of ether oxygens (including phenoxy) is 1. The zero-order valence-corrected chi connectivity index (χ0v) is 13.7. The van der Waals surface area contributed by atoms with E-state index in [9.17, 15) is 22.8 Å². The maximum absolute atomic E-state index is 12.2. The van der Waals surface area contributed by atoms with Crippen molar-refractivity contribution in [3.05, 3.63) is 65.7 Å². The molecule has 0 aliphatic rings. The van der Waals surface area contributed by atoms with Crippen LogP contribution in [0.25, 0.3) is 0 Å². The SMILES string of the molecule is O=C(COc1cccc(C(=O)NCc2ccccc2)c1)NCC(F)(F)F. The summed E-state index contributed by atoms with van der Waals surface area (Å²) in [6.45, 7) is -1.65. The summed E-state index contributed by atoms with van der Waals surface area (Å²) >= 11 is 0. The molecular weight excluding hydrogens is 349 g/mol. The maximum Gasteiger partial charge on any atom is 0.405 e. The summed E-state index contributed by atoms with van der Waals surface area (Å²) in [5, 5.41) is 4.45. The lowest BCUT2D eigenvalue weighted by molar-refractivity contribution is -0.139. The van der Waals surface area contributed by atoms with Gasteiger partial charge >= 0.3 is 6.18 Å². The quantitative estimate of drug-likeness (QED) is 0.792. The van der Waals surface area contributed by atoms with Crippen molar-refractivity contribution in [3.63, 3.8) is 0 Å². The van der Waals surface area contributed by atoms with Crippen molar-refractivity contribution in [2.45, 2.75) is 12.7 Å². The summed E-state index contributed by atoms with van der Waals surface area (Å²) in [5.41, 5.74) is 1.25. The summed E-state index contributed by atoms with van der Waals surface area (Å²) in [4.78, 5) is 23.5. The van der Waals surface area contributed by atoms with E-state index in [1.807, 2.05) is 30.3 Å². The van der Waals surface area contributed by atoms with Crippen molar-refractivity contribution in [2.75, 3.05) is 13.2 Å². The first-order valence-corrected chi connectivity index (χ1v) is 7.72. The number of nitrogens with one attached hydrogen (secondary N) is 2. The standard InChI is InChI=1S/C18H17F3N2O3/c19-18(20,21)12-23-16(24)11-26-15-8-4-7-14(9-15)17(25)22-10-13-5-2-1-3-6-13/h1-9H,10-12H2,(H,22,25)(H,23,24). The highest BCUT2D eigenvalue weighted by Gasteiger charge is 2.27. The molecule has 0 saturated carbocycles. The van der Waals surface area contributed by atoms with Crippen LogP contribution < -0.4 is 15.4 Å². The van der Waals surface area contributed by atoms with Crippen LogP contribution >= 0.6 is 0 Å². The summed E-state index contributed by atoms with van der Waals surface area (Å²) in [6.07, 6.45) is -4.48. The normalized spacial score (nSPS) is 10.9. The van der Waals surface area contributed by atoms with Crippen LogP contribution in [0.2, 0.25) is 0 Å². The monoisotopic (exact) mass is 366 g/mol. The Hall–Kier alpha value is -3.03. The van der Waals surface area contributed by atoms with Crippen LogP contribution in [-0.2, 0) is 11.3 Å². The molecule has 0 aliphatic carbocycles. The third-order valence-electron chi connectivity index (χ3n) is 3.25. The Morgan fingerprint density at radius 3 is 2.38 bits per heavy atom. The topological polar surface area (TPSA) is 67.4 Å². The molecule has 2 amide bonds. The fraction of sp³-hybridized carbons (Fsp3) is 0.222. The van der Waals surface area contributed by atoms with Crippen molar-refractivity contribution in [1.29, 1.82) is 0 Å². The molecule has 26 heavy (non-hydrogen) atoms.